The monoisotopic (exact) mass is 478 g/mol. The van der Waals surface area contributed by atoms with Gasteiger partial charge in [0, 0.05) is 25.2 Å². The van der Waals surface area contributed by atoms with Crippen LogP contribution in [0.4, 0.5) is 0 Å². The van der Waals surface area contributed by atoms with Gasteiger partial charge < -0.3 is 14.7 Å². The SMILES string of the molecule is CN1C(=O)C2(CCN(Cc3cc(C(C)(C)C)ccc3OCC(=O)O)CC2)CC1Cc1ccccc1. The number of amides is 1. The molecule has 1 unspecified atom stereocenters. The van der Waals surface area contributed by atoms with E-state index >= 15 is 0 Å². The molecule has 2 heterocycles. The molecule has 1 spiro atoms. The summed E-state index contributed by atoms with van der Waals surface area (Å²) in [4.78, 5) is 28.8. The molecule has 2 aromatic carbocycles. The fourth-order valence-corrected chi connectivity index (χ4v) is 5.56. The van der Waals surface area contributed by atoms with E-state index in [1.807, 2.05) is 30.1 Å². The van der Waals surface area contributed by atoms with E-state index in [2.05, 4.69) is 56.0 Å². The Labute approximate surface area is 208 Å². The number of likely N-dealkylation sites (tertiary alicyclic amines) is 2. The number of carbonyl (C=O) groups excluding carboxylic acids is 1. The van der Waals surface area contributed by atoms with Crippen LogP contribution in [0.25, 0.3) is 0 Å². The summed E-state index contributed by atoms with van der Waals surface area (Å²) in [5.74, 6) is -0.0664. The van der Waals surface area contributed by atoms with Gasteiger partial charge in [-0.05, 0) is 61.4 Å². The van der Waals surface area contributed by atoms with Crippen LogP contribution in [0.15, 0.2) is 48.5 Å². The molecule has 0 aromatic heterocycles. The highest BCUT2D eigenvalue weighted by Gasteiger charge is 2.51. The Bertz CT molecular complexity index is 1050. The Kier molecular flexibility index (Phi) is 7.22. The van der Waals surface area contributed by atoms with Crippen LogP contribution >= 0.6 is 0 Å². The zero-order chi connectivity index (χ0) is 25.2. The third-order valence-corrected chi connectivity index (χ3v) is 7.75. The Balaban J connectivity index is 1.44. The molecule has 2 aliphatic rings. The second-order valence-electron chi connectivity index (χ2n) is 11.3. The predicted molar refractivity (Wildman–Crippen MR) is 137 cm³/mol. The molecule has 0 saturated carbocycles. The van der Waals surface area contributed by atoms with Crippen LogP contribution in [0.2, 0.25) is 0 Å². The summed E-state index contributed by atoms with van der Waals surface area (Å²) in [7, 11) is 1.96. The predicted octanol–water partition coefficient (Wildman–Crippen LogP) is 4.50. The number of hydrogen-bond donors (Lipinski definition) is 1. The first-order valence-electron chi connectivity index (χ1n) is 12.6. The van der Waals surface area contributed by atoms with Gasteiger partial charge in [-0.2, -0.15) is 0 Å². The average molecular weight is 479 g/mol. The minimum absolute atomic E-state index is 0.0132. The van der Waals surface area contributed by atoms with Gasteiger partial charge >= 0.3 is 5.97 Å². The molecular formula is C29H38N2O4. The lowest BCUT2D eigenvalue weighted by Crippen LogP contribution is -2.43. The lowest BCUT2D eigenvalue weighted by molar-refractivity contribution is -0.139. The number of hydrogen-bond acceptors (Lipinski definition) is 4. The van der Waals surface area contributed by atoms with Crippen LogP contribution in [-0.2, 0) is 28.0 Å². The molecule has 6 heteroatoms. The van der Waals surface area contributed by atoms with E-state index in [9.17, 15) is 9.59 Å². The summed E-state index contributed by atoms with van der Waals surface area (Å²) < 4.78 is 5.62. The molecule has 1 N–H and O–H groups in total. The number of piperidine rings is 1. The number of ether oxygens (including phenoxy) is 1. The molecule has 4 rings (SSSR count). The maximum absolute atomic E-state index is 13.3. The maximum atomic E-state index is 13.3. The fraction of sp³-hybridized carbons (Fsp3) is 0.517. The van der Waals surface area contributed by atoms with E-state index in [4.69, 9.17) is 9.84 Å². The first-order chi connectivity index (χ1) is 16.6. The molecule has 2 aliphatic heterocycles. The number of carbonyl (C=O) groups is 2. The first-order valence-corrected chi connectivity index (χ1v) is 12.6. The summed E-state index contributed by atoms with van der Waals surface area (Å²) >= 11 is 0. The van der Waals surface area contributed by atoms with Crippen molar-refractivity contribution < 1.29 is 19.4 Å². The highest BCUT2D eigenvalue weighted by Crippen LogP contribution is 2.45. The van der Waals surface area contributed by atoms with Crippen molar-refractivity contribution in [2.45, 2.75) is 64.5 Å². The molecule has 2 aromatic rings. The normalized spacial score (nSPS) is 20.4. The molecule has 2 saturated heterocycles. The van der Waals surface area contributed by atoms with Crippen molar-refractivity contribution >= 4 is 11.9 Å². The molecule has 6 nitrogen and oxygen atoms in total. The van der Waals surface area contributed by atoms with Crippen LogP contribution in [0, 0.1) is 5.41 Å². The van der Waals surface area contributed by atoms with Crippen molar-refractivity contribution in [3.8, 4) is 5.75 Å². The van der Waals surface area contributed by atoms with E-state index in [0.717, 1.165) is 44.3 Å². The highest BCUT2D eigenvalue weighted by molar-refractivity contribution is 5.85. The molecule has 1 amide bonds. The number of likely N-dealkylation sites (N-methyl/N-ethyl adjacent to an activating group) is 1. The van der Waals surface area contributed by atoms with Crippen LogP contribution < -0.4 is 4.74 Å². The first kappa shape index (κ1) is 25.2. The standard InChI is InChI=1S/C29H38N2O4/c1-28(2,3)23-10-11-25(35-20-26(32)33)22(17-23)19-31-14-12-29(13-15-31)18-24(30(4)27(29)34)16-21-8-6-5-7-9-21/h5-11,17,24H,12-16,18-20H2,1-4H3,(H,32,33). The molecule has 188 valence electrons. The summed E-state index contributed by atoms with van der Waals surface area (Å²) in [5, 5.41) is 9.08. The van der Waals surface area contributed by atoms with E-state index < -0.39 is 5.97 Å². The van der Waals surface area contributed by atoms with Crippen LogP contribution in [0.5, 0.6) is 5.75 Å². The van der Waals surface area contributed by atoms with Gasteiger partial charge in [-0.3, -0.25) is 9.69 Å². The third kappa shape index (κ3) is 5.69. The molecule has 0 bridgehead atoms. The highest BCUT2D eigenvalue weighted by atomic mass is 16.5. The van der Waals surface area contributed by atoms with E-state index in [1.165, 1.54) is 11.1 Å². The number of carboxylic acid groups (broad SMARTS) is 1. The molecule has 2 fully saturated rings. The van der Waals surface area contributed by atoms with Crippen molar-refractivity contribution in [3.63, 3.8) is 0 Å². The van der Waals surface area contributed by atoms with E-state index in [1.54, 1.807) is 0 Å². The van der Waals surface area contributed by atoms with Gasteiger partial charge in [0.25, 0.3) is 0 Å². The smallest absolute Gasteiger partial charge is 0.341 e. The number of aliphatic carboxylic acids is 1. The average Bonchev–Trinajstić information content (AvgIpc) is 3.04. The molecule has 0 aliphatic carbocycles. The van der Waals surface area contributed by atoms with Gasteiger partial charge in [-0.15, -0.1) is 0 Å². The summed E-state index contributed by atoms with van der Waals surface area (Å²) in [6, 6.07) is 16.7. The molecule has 0 radical (unpaired) electrons. The fourth-order valence-electron chi connectivity index (χ4n) is 5.56. The van der Waals surface area contributed by atoms with Crippen molar-refractivity contribution in [2.75, 3.05) is 26.7 Å². The van der Waals surface area contributed by atoms with E-state index in [-0.39, 0.29) is 23.5 Å². The largest absolute Gasteiger partial charge is 0.482 e. The van der Waals surface area contributed by atoms with Crippen LogP contribution in [0.1, 0.15) is 56.7 Å². The molecular weight excluding hydrogens is 440 g/mol. The quantitative estimate of drug-likeness (QED) is 0.634. The molecule has 35 heavy (non-hydrogen) atoms. The number of benzene rings is 2. The zero-order valence-corrected chi connectivity index (χ0v) is 21.4. The van der Waals surface area contributed by atoms with E-state index in [0.29, 0.717) is 18.2 Å². The lowest BCUT2D eigenvalue weighted by Gasteiger charge is -2.38. The Morgan fingerprint density at radius 2 is 1.80 bits per heavy atom. The Morgan fingerprint density at radius 1 is 1.11 bits per heavy atom. The minimum Gasteiger partial charge on any atom is -0.482 e. The Morgan fingerprint density at radius 3 is 2.43 bits per heavy atom. The van der Waals surface area contributed by atoms with Gasteiger partial charge in [0.2, 0.25) is 5.91 Å². The minimum atomic E-state index is -0.982. The number of nitrogens with zero attached hydrogens (tertiary/aromatic N) is 2. The zero-order valence-electron chi connectivity index (χ0n) is 21.4. The van der Waals surface area contributed by atoms with Gasteiger partial charge in [-0.1, -0.05) is 63.2 Å². The number of carboxylic acids is 1. The number of rotatable bonds is 7. The van der Waals surface area contributed by atoms with Crippen LogP contribution in [0.3, 0.4) is 0 Å². The summed E-state index contributed by atoms with van der Waals surface area (Å²) in [6.07, 6.45) is 3.52. The van der Waals surface area contributed by atoms with Gasteiger partial charge in [0.1, 0.15) is 5.75 Å². The second kappa shape index (κ2) is 10.0. The maximum Gasteiger partial charge on any atom is 0.341 e. The van der Waals surface area contributed by atoms with Gasteiger partial charge in [0.15, 0.2) is 6.61 Å². The third-order valence-electron chi connectivity index (χ3n) is 7.75. The second-order valence-corrected chi connectivity index (χ2v) is 11.3. The van der Waals surface area contributed by atoms with Gasteiger partial charge in [0.05, 0.1) is 5.41 Å². The summed E-state index contributed by atoms with van der Waals surface area (Å²) in [6.45, 7) is 8.53. The van der Waals surface area contributed by atoms with Crippen molar-refractivity contribution in [1.29, 1.82) is 0 Å². The van der Waals surface area contributed by atoms with Crippen molar-refractivity contribution in [2.24, 2.45) is 5.41 Å². The van der Waals surface area contributed by atoms with Gasteiger partial charge in [-0.25, -0.2) is 4.79 Å². The van der Waals surface area contributed by atoms with Crippen molar-refractivity contribution in [1.82, 2.24) is 9.80 Å². The van der Waals surface area contributed by atoms with Crippen molar-refractivity contribution in [3.05, 3.63) is 65.2 Å². The summed E-state index contributed by atoms with van der Waals surface area (Å²) in [5.41, 5.74) is 3.20. The molecule has 1 atom stereocenters. The van der Waals surface area contributed by atoms with Crippen LogP contribution in [-0.4, -0.2) is 59.6 Å². The lowest BCUT2D eigenvalue weighted by atomic mass is 9.75. The Hall–Kier alpha value is -2.86. The topological polar surface area (TPSA) is 70.1 Å².